The van der Waals surface area contributed by atoms with Gasteiger partial charge in [-0.25, -0.2) is 0 Å². The van der Waals surface area contributed by atoms with Gasteiger partial charge in [-0.15, -0.1) is 0 Å². The van der Waals surface area contributed by atoms with E-state index in [2.05, 4.69) is 5.32 Å². The average molecular weight is 457 g/mol. The maximum atomic E-state index is 13.4. The number of nitrogens with one attached hydrogen (secondary N) is 1. The van der Waals surface area contributed by atoms with Crippen LogP contribution in [0.2, 0.25) is 0 Å². The molecule has 2 atom stereocenters. The van der Waals surface area contributed by atoms with Gasteiger partial charge in [0.25, 0.3) is 5.91 Å². The summed E-state index contributed by atoms with van der Waals surface area (Å²) in [5, 5.41) is 3.01. The van der Waals surface area contributed by atoms with Gasteiger partial charge in [-0.1, -0.05) is 38.1 Å². The SMILES string of the molecule is CC[C@@H](C)NC(=O)[C@@H](CC)N(Cc1ccccc1C)C(=O)COc1cc(OC)cc(OC)c1. The summed E-state index contributed by atoms with van der Waals surface area (Å²) in [5.41, 5.74) is 2.05. The highest BCUT2D eigenvalue weighted by molar-refractivity contribution is 5.88. The maximum Gasteiger partial charge on any atom is 0.261 e. The Morgan fingerprint density at radius 2 is 1.58 bits per heavy atom. The van der Waals surface area contributed by atoms with Gasteiger partial charge in [-0.2, -0.15) is 0 Å². The maximum absolute atomic E-state index is 13.4. The topological polar surface area (TPSA) is 77.1 Å². The van der Waals surface area contributed by atoms with Crippen LogP contribution in [0.15, 0.2) is 42.5 Å². The standard InChI is InChI=1S/C26H36N2O5/c1-7-19(4)27-26(30)24(8-2)28(16-20-12-10-9-11-18(20)3)25(29)17-33-23-14-21(31-5)13-22(15-23)32-6/h9-15,19,24H,7-8,16-17H2,1-6H3,(H,27,30)/t19-,24-/m1/s1. The second kappa shape index (κ2) is 12.7. The molecule has 7 nitrogen and oxygen atoms in total. The van der Waals surface area contributed by atoms with Crippen LogP contribution in [0, 0.1) is 6.92 Å². The Hall–Kier alpha value is -3.22. The van der Waals surface area contributed by atoms with Crippen LogP contribution in [0.5, 0.6) is 17.2 Å². The minimum Gasteiger partial charge on any atom is -0.496 e. The van der Waals surface area contributed by atoms with Crippen LogP contribution >= 0.6 is 0 Å². The van der Waals surface area contributed by atoms with Crippen molar-refractivity contribution < 1.29 is 23.8 Å². The van der Waals surface area contributed by atoms with Gasteiger partial charge in [-0.3, -0.25) is 9.59 Å². The summed E-state index contributed by atoms with van der Waals surface area (Å²) in [6, 6.07) is 12.4. The van der Waals surface area contributed by atoms with Gasteiger partial charge in [0.1, 0.15) is 23.3 Å². The smallest absolute Gasteiger partial charge is 0.261 e. The van der Waals surface area contributed by atoms with Crippen LogP contribution in [0.1, 0.15) is 44.7 Å². The highest BCUT2D eigenvalue weighted by atomic mass is 16.5. The van der Waals surface area contributed by atoms with Crippen molar-refractivity contribution in [3.63, 3.8) is 0 Å². The van der Waals surface area contributed by atoms with Crippen LogP contribution in [0.25, 0.3) is 0 Å². The van der Waals surface area contributed by atoms with E-state index in [1.807, 2.05) is 52.0 Å². The molecule has 0 aromatic heterocycles. The van der Waals surface area contributed by atoms with E-state index in [-0.39, 0.29) is 24.5 Å². The number of hydrogen-bond donors (Lipinski definition) is 1. The second-order valence-corrected chi connectivity index (χ2v) is 8.03. The van der Waals surface area contributed by atoms with Crippen LogP contribution in [0.3, 0.4) is 0 Å². The largest absolute Gasteiger partial charge is 0.496 e. The molecule has 0 radical (unpaired) electrons. The van der Waals surface area contributed by atoms with Gasteiger partial charge in [0.15, 0.2) is 6.61 Å². The summed E-state index contributed by atoms with van der Waals surface area (Å²) in [4.78, 5) is 28.0. The van der Waals surface area contributed by atoms with Gasteiger partial charge in [0, 0.05) is 30.8 Å². The highest BCUT2D eigenvalue weighted by Crippen LogP contribution is 2.27. The van der Waals surface area contributed by atoms with E-state index in [4.69, 9.17) is 14.2 Å². The van der Waals surface area contributed by atoms with E-state index in [0.717, 1.165) is 17.5 Å². The fourth-order valence-electron chi connectivity index (χ4n) is 3.42. The van der Waals surface area contributed by atoms with Crippen molar-refractivity contribution >= 4 is 11.8 Å². The van der Waals surface area contributed by atoms with E-state index in [1.54, 1.807) is 37.3 Å². The zero-order chi connectivity index (χ0) is 24.4. The number of methoxy groups -OCH3 is 2. The molecule has 0 spiro atoms. The van der Waals surface area contributed by atoms with Crippen molar-refractivity contribution in [1.29, 1.82) is 0 Å². The molecule has 2 aromatic carbocycles. The third-order valence-corrected chi connectivity index (χ3v) is 5.68. The fourth-order valence-corrected chi connectivity index (χ4v) is 3.42. The van der Waals surface area contributed by atoms with Crippen molar-refractivity contribution in [2.24, 2.45) is 0 Å². The summed E-state index contributed by atoms with van der Waals surface area (Å²) >= 11 is 0. The second-order valence-electron chi connectivity index (χ2n) is 8.03. The molecule has 180 valence electrons. The first-order valence-electron chi connectivity index (χ1n) is 11.3. The number of carbonyl (C=O) groups excluding carboxylic acids is 2. The minimum absolute atomic E-state index is 0.0301. The Bertz CT molecular complexity index is 908. The van der Waals surface area contributed by atoms with E-state index in [1.165, 1.54) is 0 Å². The monoisotopic (exact) mass is 456 g/mol. The number of rotatable bonds is 12. The number of hydrogen-bond acceptors (Lipinski definition) is 5. The van der Waals surface area contributed by atoms with Crippen LogP contribution in [0.4, 0.5) is 0 Å². The first-order valence-corrected chi connectivity index (χ1v) is 11.3. The average Bonchev–Trinajstić information content (AvgIpc) is 2.83. The number of amides is 2. The van der Waals surface area contributed by atoms with Gasteiger partial charge < -0.3 is 24.4 Å². The zero-order valence-corrected chi connectivity index (χ0v) is 20.5. The Kier molecular flexibility index (Phi) is 10.0. The molecule has 2 amide bonds. The number of aryl methyl sites for hydroxylation is 1. The summed E-state index contributed by atoms with van der Waals surface area (Å²) in [7, 11) is 3.10. The lowest BCUT2D eigenvalue weighted by molar-refractivity contribution is -0.143. The minimum atomic E-state index is -0.602. The molecule has 0 unspecified atom stereocenters. The Morgan fingerprint density at radius 3 is 2.12 bits per heavy atom. The lowest BCUT2D eigenvalue weighted by Crippen LogP contribution is -2.51. The van der Waals surface area contributed by atoms with Crippen molar-refractivity contribution in [2.45, 2.75) is 59.2 Å². The third-order valence-electron chi connectivity index (χ3n) is 5.68. The molecule has 7 heteroatoms. The molecule has 33 heavy (non-hydrogen) atoms. The van der Waals surface area contributed by atoms with Crippen LogP contribution in [-0.4, -0.2) is 49.6 Å². The first kappa shape index (κ1) is 26.0. The van der Waals surface area contributed by atoms with Crippen LogP contribution in [-0.2, 0) is 16.1 Å². The fraction of sp³-hybridized carbons (Fsp3) is 0.462. The van der Waals surface area contributed by atoms with Gasteiger partial charge in [0.05, 0.1) is 14.2 Å². The number of benzene rings is 2. The molecule has 0 aliphatic carbocycles. The molecule has 0 aliphatic heterocycles. The Morgan fingerprint density at radius 1 is 0.970 bits per heavy atom. The molecular weight excluding hydrogens is 420 g/mol. The first-order chi connectivity index (χ1) is 15.8. The molecule has 2 aromatic rings. The molecule has 0 heterocycles. The normalized spacial score (nSPS) is 12.4. The molecule has 0 saturated heterocycles. The third kappa shape index (κ3) is 7.41. The summed E-state index contributed by atoms with van der Waals surface area (Å²) in [5.74, 6) is 1.15. The molecular formula is C26H36N2O5. The molecule has 0 fully saturated rings. The number of carbonyl (C=O) groups is 2. The van der Waals surface area contributed by atoms with Crippen molar-refractivity contribution in [3.05, 3.63) is 53.6 Å². The molecule has 0 bridgehead atoms. The van der Waals surface area contributed by atoms with Crippen molar-refractivity contribution in [1.82, 2.24) is 10.2 Å². The number of nitrogens with zero attached hydrogens (tertiary/aromatic N) is 1. The zero-order valence-electron chi connectivity index (χ0n) is 20.5. The van der Waals surface area contributed by atoms with E-state index in [0.29, 0.717) is 30.2 Å². The summed E-state index contributed by atoms with van der Waals surface area (Å²) in [6.45, 7) is 7.98. The molecule has 0 saturated carbocycles. The summed E-state index contributed by atoms with van der Waals surface area (Å²) < 4.78 is 16.3. The Balaban J connectivity index is 2.27. The Labute approximate surface area is 197 Å². The molecule has 0 aliphatic rings. The van der Waals surface area contributed by atoms with Crippen molar-refractivity contribution in [2.75, 3.05) is 20.8 Å². The van der Waals surface area contributed by atoms with Gasteiger partial charge in [0.2, 0.25) is 5.91 Å². The highest BCUT2D eigenvalue weighted by Gasteiger charge is 2.29. The van der Waals surface area contributed by atoms with E-state index < -0.39 is 6.04 Å². The molecule has 1 N–H and O–H groups in total. The van der Waals surface area contributed by atoms with Crippen molar-refractivity contribution in [3.8, 4) is 17.2 Å². The molecule has 2 rings (SSSR count). The quantitative estimate of drug-likeness (QED) is 0.520. The predicted molar refractivity (Wildman–Crippen MR) is 129 cm³/mol. The van der Waals surface area contributed by atoms with Crippen LogP contribution < -0.4 is 19.5 Å². The lowest BCUT2D eigenvalue weighted by atomic mass is 10.1. The van der Waals surface area contributed by atoms with Gasteiger partial charge in [-0.05, 0) is 37.8 Å². The predicted octanol–water partition coefficient (Wildman–Crippen LogP) is 4.11. The van der Waals surface area contributed by atoms with Gasteiger partial charge >= 0.3 is 0 Å². The number of ether oxygens (including phenoxy) is 3. The van der Waals surface area contributed by atoms with E-state index in [9.17, 15) is 9.59 Å². The van der Waals surface area contributed by atoms with E-state index >= 15 is 0 Å². The summed E-state index contributed by atoms with van der Waals surface area (Å²) in [6.07, 6.45) is 1.31. The lowest BCUT2D eigenvalue weighted by Gasteiger charge is -2.31.